The number of aromatic hydroxyl groups is 1. The summed E-state index contributed by atoms with van der Waals surface area (Å²) in [6, 6.07) is 40.8. The standard InChI is InChI=1S/C48H39N3O2/c1-28-21-29(2)45(30(3)22-28)34-24-33-13-10-20-49-46(33)38(25-34)32-12-8-11-31(23-32)36-17-9-18-41-47(36)50-48(51(41)35-14-4-5-15-35)40-26-39-37-16-6-7-19-43(37)53-44(39)27-42(40)52/h6-13,16-27,35,52H,4-5,14-15H2,1-3H3. The van der Waals surface area contributed by atoms with E-state index in [9.17, 15) is 5.11 Å². The molecular formula is C48H39N3O2. The van der Waals surface area contributed by atoms with Gasteiger partial charge in [-0.25, -0.2) is 4.98 Å². The number of pyridine rings is 1. The molecule has 3 aromatic heterocycles. The third kappa shape index (κ3) is 5.14. The fourth-order valence-corrected chi connectivity index (χ4v) is 9.06. The molecular weight excluding hydrogens is 651 g/mol. The van der Waals surface area contributed by atoms with E-state index in [1.54, 1.807) is 6.07 Å². The van der Waals surface area contributed by atoms with E-state index in [1.165, 1.54) is 40.7 Å². The summed E-state index contributed by atoms with van der Waals surface area (Å²) in [5.41, 5.74) is 15.9. The van der Waals surface area contributed by atoms with Gasteiger partial charge in [0.15, 0.2) is 0 Å². The highest BCUT2D eigenvalue weighted by atomic mass is 16.3. The van der Waals surface area contributed by atoms with Crippen LogP contribution in [0.3, 0.4) is 0 Å². The zero-order valence-electron chi connectivity index (χ0n) is 30.1. The first-order valence-electron chi connectivity index (χ1n) is 18.6. The fraction of sp³-hybridized carbons (Fsp3) is 0.167. The molecule has 0 atom stereocenters. The van der Waals surface area contributed by atoms with Crippen molar-refractivity contribution in [3.8, 4) is 50.5 Å². The van der Waals surface area contributed by atoms with Crippen LogP contribution in [0.1, 0.15) is 48.4 Å². The van der Waals surface area contributed by atoms with Crippen molar-refractivity contribution in [3.63, 3.8) is 0 Å². The van der Waals surface area contributed by atoms with Gasteiger partial charge in [0.25, 0.3) is 0 Å². The Bertz CT molecular complexity index is 2880. The Labute approximate surface area is 308 Å². The Hall–Kier alpha value is -6.20. The van der Waals surface area contributed by atoms with E-state index in [4.69, 9.17) is 14.4 Å². The summed E-state index contributed by atoms with van der Waals surface area (Å²) >= 11 is 0. The minimum atomic E-state index is 0.174. The minimum Gasteiger partial charge on any atom is -0.507 e. The monoisotopic (exact) mass is 689 g/mol. The third-order valence-corrected chi connectivity index (χ3v) is 11.3. The summed E-state index contributed by atoms with van der Waals surface area (Å²) in [7, 11) is 0. The molecule has 3 heterocycles. The molecule has 0 unspecified atom stereocenters. The van der Waals surface area contributed by atoms with Crippen LogP contribution in [-0.4, -0.2) is 19.6 Å². The van der Waals surface area contributed by atoms with Gasteiger partial charge in [-0.3, -0.25) is 4.98 Å². The van der Waals surface area contributed by atoms with E-state index >= 15 is 0 Å². The molecule has 1 aliphatic rings. The first-order chi connectivity index (χ1) is 25.9. The van der Waals surface area contributed by atoms with Gasteiger partial charge in [-0.2, -0.15) is 0 Å². The Morgan fingerprint density at radius 2 is 1.42 bits per heavy atom. The highest BCUT2D eigenvalue weighted by Gasteiger charge is 2.27. The summed E-state index contributed by atoms with van der Waals surface area (Å²) in [6.07, 6.45) is 6.43. The Kier molecular flexibility index (Phi) is 7.26. The molecule has 0 bridgehead atoms. The van der Waals surface area contributed by atoms with Crippen molar-refractivity contribution in [3.05, 3.63) is 138 Å². The lowest BCUT2D eigenvalue weighted by atomic mass is 9.89. The van der Waals surface area contributed by atoms with Crippen LogP contribution < -0.4 is 0 Å². The summed E-state index contributed by atoms with van der Waals surface area (Å²) in [4.78, 5) is 10.3. The quantitative estimate of drug-likeness (QED) is 0.195. The molecule has 10 rings (SSSR count). The molecule has 1 fully saturated rings. The maximum absolute atomic E-state index is 11.5. The summed E-state index contributed by atoms with van der Waals surface area (Å²) in [5, 5.41) is 14.7. The van der Waals surface area contributed by atoms with Gasteiger partial charge in [0.05, 0.1) is 22.1 Å². The molecule has 0 spiro atoms. The number of fused-ring (bicyclic) bond motifs is 5. The predicted molar refractivity (Wildman–Crippen MR) is 217 cm³/mol. The van der Waals surface area contributed by atoms with Gasteiger partial charge in [0.1, 0.15) is 22.7 Å². The van der Waals surface area contributed by atoms with E-state index in [0.29, 0.717) is 11.6 Å². The van der Waals surface area contributed by atoms with Crippen molar-refractivity contribution in [1.29, 1.82) is 0 Å². The van der Waals surface area contributed by atoms with Crippen molar-refractivity contribution in [2.75, 3.05) is 0 Å². The van der Waals surface area contributed by atoms with Gasteiger partial charge in [-0.15, -0.1) is 0 Å². The van der Waals surface area contributed by atoms with Crippen LogP contribution in [0.15, 0.2) is 126 Å². The second-order valence-electron chi connectivity index (χ2n) is 14.8. The molecule has 258 valence electrons. The lowest BCUT2D eigenvalue weighted by molar-refractivity contribution is 0.474. The number of furan rings is 1. The van der Waals surface area contributed by atoms with Crippen LogP contribution in [0.4, 0.5) is 0 Å². The number of imidazole rings is 1. The van der Waals surface area contributed by atoms with Gasteiger partial charge >= 0.3 is 0 Å². The maximum atomic E-state index is 11.5. The molecule has 1 N–H and O–H groups in total. The number of benzene rings is 6. The molecule has 0 aliphatic heterocycles. The number of aromatic nitrogens is 3. The largest absolute Gasteiger partial charge is 0.507 e. The molecule has 9 aromatic rings. The third-order valence-electron chi connectivity index (χ3n) is 11.3. The van der Waals surface area contributed by atoms with Crippen LogP contribution in [-0.2, 0) is 0 Å². The van der Waals surface area contributed by atoms with Gasteiger partial charge < -0.3 is 14.1 Å². The second-order valence-corrected chi connectivity index (χ2v) is 14.8. The first-order valence-corrected chi connectivity index (χ1v) is 18.6. The van der Waals surface area contributed by atoms with Gasteiger partial charge in [0, 0.05) is 45.6 Å². The van der Waals surface area contributed by atoms with Crippen LogP contribution in [0.5, 0.6) is 5.75 Å². The number of phenols is 1. The van der Waals surface area contributed by atoms with Crippen molar-refractivity contribution in [2.45, 2.75) is 52.5 Å². The first kappa shape index (κ1) is 31.5. The maximum Gasteiger partial charge on any atom is 0.145 e. The molecule has 0 amide bonds. The zero-order chi connectivity index (χ0) is 35.8. The smallest absolute Gasteiger partial charge is 0.145 e. The van der Waals surface area contributed by atoms with Crippen LogP contribution in [0.2, 0.25) is 0 Å². The molecule has 1 aliphatic carbocycles. The Balaban J connectivity index is 1.16. The van der Waals surface area contributed by atoms with E-state index < -0.39 is 0 Å². The molecule has 53 heavy (non-hydrogen) atoms. The molecule has 0 saturated heterocycles. The summed E-state index contributed by atoms with van der Waals surface area (Å²) in [5.74, 6) is 0.972. The van der Waals surface area contributed by atoms with Gasteiger partial charge in [-0.1, -0.05) is 85.1 Å². The Morgan fingerprint density at radius 3 is 2.25 bits per heavy atom. The zero-order valence-corrected chi connectivity index (χ0v) is 30.1. The van der Waals surface area contributed by atoms with Crippen molar-refractivity contribution in [2.24, 2.45) is 0 Å². The average molecular weight is 690 g/mol. The van der Waals surface area contributed by atoms with E-state index in [1.807, 2.05) is 30.5 Å². The van der Waals surface area contributed by atoms with E-state index in [0.717, 1.165) is 84.8 Å². The highest BCUT2D eigenvalue weighted by Crippen LogP contribution is 2.44. The van der Waals surface area contributed by atoms with Crippen LogP contribution in [0, 0.1) is 20.8 Å². The topological polar surface area (TPSA) is 64.1 Å². The van der Waals surface area contributed by atoms with Gasteiger partial charge in [-0.05, 0) is 109 Å². The van der Waals surface area contributed by atoms with Crippen molar-refractivity contribution in [1.82, 2.24) is 14.5 Å². The molecule has 6 aromatic carbocycles. The number of rotatable bonds is 5. The van der Waals surface area contributed by atoms with Crippen molar-refractivity contribution >= 4 is 43.9 Å². The van der Waals surface area contributed by atoms with E-state index in [2.05, 4.69) is 110 Å². The van der Waals surface area contributed by atoms with Crippen LogP contribution in [0.25, 0.3) is 88.6 Å². The normalized spacial score (nSPS) is 13.6. The predicted octanol–water partition coefficient (Wildman–Crippen LogP) is 12.9. The lowest BCUT2D eigenvalue weighted by Gasteiger charge is -2.17. The molecule has 5 heteroatoms. The SMILES string of the molecule is Cc1cc(C)c(-c2cc(-c3cccc(-c4cccc5c4nc(-c4cc6c(cc4O)oc4ccccc46)n5C4CCCC4)c3)c3ncccc3c2)c(C)c1. The number of aryl methyl sites for hydroxylation is 3. The van der Waals surface area contributed by atoms with Gasteiger partial charge in [0.2, 0.25) is 0 Å². The number of nitrogens with zero attached hydrogens (tertiary/aromatic N) is 3. The minimum absolute atomic E-state index is 0.174. The second kappa shape index (κ2) is 12.2. The Morgan fingerprint density at radius 1 is 0.642 bits per heavy atom. The number of hydrogen-bond donors (Lipinski definition) is 1. The van der Waals surface area contributed by atoms with Crippen molar-refractivity contribution < 1.29 is 9.52 Å². The molecule has 1 saturated carbocycles. The van der Waals surface area contributed by atoms with Crippen LogP contribution >= 0.6 is 0 Å². The molecule has 5 nitrogen and oxygen atoms in total. The molecule has 0 radical (unpaired) electrons. The number of phenolic OH excluding ortho intramolecular Hbond substituents is 1. The fourth-order valence-electron chi connectivity index (χ4n) is 9.06. The summed E-state index contributed by atoms with van der Waals surface area (Å²) < 4.78 is 8.52. The lowest BCUT2D eigenvalue weighted by Crippen LogP contribution is -2.06. The number of hydrogen-bond acceptors (Lipinski definition) is 4. The number of para-hydroxylation sites is 2. The average Bonchev–Trinajstić information content (AvgIpc) is 3.91. The summed E-state index contributed by atoms with van der Waals surface area (Å²) in [6.45, 7) is 6.57. The highest BCUT2D eigenvalue weighted by molar-refractivity contribution is 6.07. The van der Waals surface area contributed by atoms with E-state index in [-0.39, 0.29) is 5.75 Å².